The highest BCUT2D eigenvalue weighted by Gasteiger charge is 2.38. The Kier molecular flexibility index (Phi) is 5.54. The summed E-state index contributed by atoms with van der Waals surface area (Å²) >= 11 is 0. The Labute approximate surface area is 195 Å². The van der Waals surface area contributed by atoms with E-state index in [9.17, 15) is 13.6 Å². The van der Waals surface area contributed by atoms with Gasteiger partial charge >= 0.3 is 0 Å². The molecular weight excluding hydrogens is 440 g/mol. The number of imidazole rings is 1. The molecule has 1 aliphatic carbocycles. The predicted octanol–water partition coefficient (Wildman–Crippen LogP) is 3.75. The van der Waals surface area contributed by atoms with Crippen LogP contribution in [0.5, 0.6) is 5.75 Å². The molecule has 2 heterocycles. The fraction of sp³-hybridized carbons (Fsp3) is 0.320. The lowest BCUT2D eigenvalue weighted by molar-refractivity contribution is 0.0784. The number of halogens is 2. The van der Waals surface area contributed by atoms with Gasteiger partial charge in [0.15, 0.2) is 17.3 Å². The molecule has 2 aliphatic rings. The molecule has 2 N–H and O–H groups in total. The van der Waals surface area contributed by atoms with Gasteiger partial charge in [-0.1, -0.05) is 0 Å². The van der Waals surface area contributed by atoms with E-state index in [0.29, 0.717) is 42.3 Å². The summed E-state index contributed by atoms with van der Waals surface area (Å²) in [6.07, 6.45) is 2.44. The molecule has 1 atom stereocenters. The molecule has 1 aromatic heterocycles. The normalized spacial score (nSPS) is 17.6. The van der Waals surface area contributed by atoms with Crippen molar-refractivity contribution in [1.29, 1.82) is 5.26 Å². The van der Waals surface area contributed by atoms with Crippen molar-refractivity contribution in [2.75, 3.05) is 20.2 Å². The average molecular weight is 463 g/mol. The van der Waals surface area contributed by atoms with E-state index in [-0.39, 0.29) is 34.9 Å². The number of ether oxygens (including phenoxy) is 1. The van der Waals surface area contributed by atoms with E-state index in [4.69, 9.17) is 15.7 Å². The minimum Gasteiger partial charge on any atom is -0.494 e. The van der Waals surface area contributed by atoms with Crippen molar-refractivity contribution in [1.82, 2.24) is 14.5 Å². The van der Waals surface area contributed by atoms with E-state index in [1.165, 1.54) is 31.4 Å². The number of hydrogen-bond donors (Lipinski definition) is 1. The molecule has 1 saturated heterocycles. The summed E-state index contributed by atoms with van der Waals surface area (Å²) < 4.78 is 36.0. The topological polar surface area (TPSA) is 97.2 Å². The van der Waals surface area contributed by atoms with Gasteiger partial charge in [-0.25, -0.2) is 13.8 Å². The standard InChI is InChI=1S/C25H23F2N5O2/c1-34-21-7-6-18(11-20(21)27)32-23(14-2-3-14)22(25(33)31-9-8-17(29)13-31)30-24(32)15-4-5-16(12-28)19(26)10-15/h4-7,10-11,14,17H,2-3,8-9,13,29H2,1H3/t17-/m0/s1. The molecule has 3 aromatic rings. The lowest BCUT2D eigenvalue weighted by Gasteiger charge is -2.16. The van der Waals surface area contributed by atoms with E-state index >= 15 is 0 Å². The predicted molar refractivity (Wildman–Crippen MR) is 121 cm³/mol. The van der Waals surface area contributed by atoms with Crippen molar-refractivity contribution < 1.29 is 18.3 Å². The molecule has 0 unspecified atom stereocenters. The summed E-state index contributed by atoms with van der Waals surface area (Å²) in [6, 6.07) is 10.4. The number of amides is 1. The summed E-state index contributed by atoms with van der Waals surface area (Å²) in [5.74, 6) is -1.03. The molecule has 5 rings (SSSR count). The van der Waals surface area contributed by atoms with Crippen LogP contribution in [0.15, 0.2) is 36.4 Å². The first-order valence-electron chi connectivity index (χ1n) is 11.1. The van der Waals surface area contributed by atoms with Gasteiger partial charge in [0.25, 0.3) is 5.91 Å². The van der Waals surface area contributed by atoms with Gasteiger partial charge in [-0.15, -0.1) is 0 Å². The molecule has 2 aromatic carbocycles. The van der Waals surface area contributed by atoms with Gasteiger partial charge in [-0.2, -0.15) is 5.26 Å². The third-order valence-corrected chi connectivity index (χ3v) is 6.33. The second kappa shape index (κ2) is 8.54. The van der Waals surface area contributed by atoms with Gasteiger partial charge in [0.05, 0.1) is 24.1 Å². The van der Waals surface area contributed by atoms with Crippen molar-refractivity contribution in [2.45, 2.75) is 31.2 Å². The van der Waals surface area contributed by atoms with Crippen molar-refractivity contribution in [3.8, 4) is 28.9 Å². The molecule has 0 radical (unpaired) electrons. The SMILES string of the molecule is COc1ccc(-n2c(-c3ccc(C#N)c(F)c3)nc(C(=O)N3CC[C@H](N)C3)c2C2CC2)cc1F. The van der Waals surface area contributed by atoms with E-state index < -0.39 is 11.6 Å². The van der Waals surface area contributed by atoms with E-state index in [0.717, 1.165) is 12.8 Å². The number of aromatic nitrogens is 2. The Morgan fingerprint density at radius 3 is 2.56 bits per heavy atom. The number of nitrogens with zero attached hydrogens (tertiary/aromatic N) is 4. The number of carbonyl (C=O) groups excluding carboxylic acids is 1. The second-order valence-electron chi connectivity index (χ2n) is 8.70. The molecule has 0 spiro atoms. The highest BCUT2D eigenvalue weighted by Crippen LogP contribution is 2.45. The number of methoxy groups -OCH3 is 1. The highest BCUT2D eigenvalue weighted by molar-refractivity contribution is 5.95. The summed E-state index contributed by atoms with van der Waals surface area (Å²) in [4.78, 5) is 19.9. The van der Waals surface area contributed by atoms with Crippen molar-refractivity contribution in [3.05, 3.63) is 65.0 Å². The molecule has 174 valence electrons. The fourth-order valence-corrected chi connectivity index (χ4v) is 4.44. The Hall–Kier alpha value is -3.77. The van der Waals surface area contributed by atoms with Crippen molar-refractivity contribution >= 4 is 5.91 Å². The van der Waals surface area contributed by atoms with Gasteiger partial charge in [-0.05, 0) is 49.6 Å². The van der Waals surface area contributed by atoms with Crippen LogP contribution < -0.4 is 10.5 Å². The Balaban J connectivity index is 1.73. The maximum Gasteiger partial charge on any atom is 0.274 e. The van der Waals surface area contributed by atoms with Crippen LogP contribution in [0.4, 0.5) is 8.78 Å². The largest absolute Gasteiger partial charge is 0.494 e. The van der Waals surface area contributed by atoms with Gasteiger partial charge in [-0.3, -0.25) is 9.36 Å². The monoisotopic (exact) mass is 463 g/mol. The second-order valence-corrected chi connectivity index (χ2v) is 8.70. The number of nitrogens with two attached hydrogens (primary N) is 1. The summed E-state index contributed by atoms with van der Waals surface area (Å²) in [5.41, 5.74) is 7.70. The van der Waals surface area contributed by atoms with Crippen LogP contribution in [0, 0.1) is 23.0 Å². The molecule has 0 bridgehead atoms. The Morgan fingerprint density at radius 2 is 1.97 bits per heavy atom. The third-order valence-electron chi connectivity index (χ3n) is 6.33. The van der Waals surface area contributed by atoms with Gasteiger partial charge in [0.2, 0.25) is 0 Å². The average Bonchev–Trinajstić information content (AvgIpc) is 3.45. The number of likely N-dealkylation sites (tertiary alicyclic amines) is 1. The minimum atomic E-state index is -0.693. The smallest absolute Gasteiger partial charge is 0.274 e. The third kappa shape index (κ3) is 3.80. The first kappa shape index (κ1) is 22.0. The zero-order valence-electron chi connectivity index (χ0n) is 18.6. The zero-order valence-corrected chi connectivity index (χ0v) is 18.6. The highest BCUT2D eigenvalue weighted by atomic mass is 19.1. The first-order valence-corrected chi connectivity index (χ1v) is 11.1. The van der Waals surface area contributed by atoms with E-state index in [1.807, 2.05) is 0 Å². The van der Waals surface area contributed by atoms with Crippen LogP contribution in [0.25, 0.3) is 17.1 Å². The van der Waals surface area contributed by atoms with Gasteiger partial charge in [0, 0.05) is 36.7 Å². The van der Waals surface area contributed by atoms with E-state index in [2.05, 4.69) is 4.98 Å². The number of benzene rings is 2. The molecule has 2 fully saturated rings. The maximum absolute atomic E-state index is 14.7. The molecule has 1 amide bonds. The Bertz CT molecular complexity index is 1330. The van der Waals surface area contributed by atoms with Crippen molar-refractivity contribution in [2.24, 2.45) is 5.73 Å². The van der Waals surface area contributed by atoms with Crippen LogP contribution in [0.2, 0.25) is 0 Å². The number of hydrogen-bond acceptors (Lipinski definition) is 5. The van der Waals surface area contributed by atoms with Crippen molar-refractivity contribution in [3.63, 3.8) is 0 Å². The summed E-state index contributed by atoms with van der Waals surface area (Å²) in [5, 5.41) is 9.11. The first-order chi connectivity index (χ1) is 16.4. The number of nitriles is 1. The maximum atomic E-state index is 14.7. The van der Waals surface area contributed by atoms with E-state index in [1.54, 1.807) is 27.7 Å². The molecule has 1 saturated carbocycles. The lowest BCUT2D eigenvalue weighted by Crippen LogP contribution is -2.32. The van der Waals surface area contributed by atoms with Gasteiger partial charge in [0.1, 0.15) is 17.7 Å². The van der Waals surface area contributed by atoms with Crippen LogP contribution in [0.1, 0.15) is 46.9 Å². The van der Waals surface area contributed by atoms with Gasteiger partial charge < -0.3 is 15.4 Å². The van der Waals surface area contributed by atoms with Crippen LogP contribution in [-0.4, -0.2) is 46.6 Å². The van der Waals surface area contributed by atoms with Crippen LogP contribution in [-0.2, 0) is 0 Å². The van der Waals surface area contributed by atoms with Crippen LogP contribution in [0.3, 0.4) is 0 Å². The summed E-state index contributed by atoms with van der Waals surface area (Å²) in [6.45, 7) is 0.975. The fourth-order valence-electron chi connectivity index (χ4n) is 4.44. The molecule has 9 heteroatoms. The number of carbonyl (C=O) groups is 1. The lowest BCUT2D eigenvalue weighted by atomic mass is 10.1. The summed E-state index contributed by atoms with van der Waals surface area (Å²) in [7, 11) is 1.38. The Morgan fingerprint density at radius 1 is 1.18 bits per heavy atom. The molecule has 34 heavy (non-hydrogen) atoms. The minimum absolute atomic E-state index is 0.0740. The molecule has 1 aliphatic heterocycles. The molecule has 7 nitrogen and oxygen atoms in total. The number of rotatable bonds is 5. The zero-order chi connectivity index (χ0) is 24.0. The van der Waals surface area contributed by atoms with Crippen LogP contribution >= 0.6 is 0 Å². The molecular formula is C25H23F2N5O2. The quantitative estimate of drug-likeness (QED) is 0.622.